The van der Waals surface area contributed by atoms with Gasteiger partial charge >= 0.3 is 12.0 Å². The van der Waals surface area contributed by atoms with Gasteiger partial charge in [-0.3, -0.25) is 0 Å². The number of aliphatic hydroxyl groups is 1. The Labute approximate surface area is 104 Å². The zero-order chi connectivity index (χ0) is 13.4. The lowest BCUT2D eigenvalue weighted by Gasteiger charge is -2.12. The highest BCUT2D eigenvalue weighted by Gasteiger charge is 2.17. The number of carbonyl (C=O) groups is 2. The number of carboxylic acids is 1. The molecule has 1 unspecified atom stereocenters. The van der Waals surface area contributed by atoms with Gasteiger partial charge in [-0.25, -0.2) is 14.6 Å². The third-order valence-corrected chi connectivity index (χ3v) is 2.22. The van der Waals surface area contributed by atoms with Gasteiger partial charge in [0.1, 0.15) is 0 Å². The van der Waals surface area contributed by atoms with Gasteiger partial charge < -0.3 is 25.4 Å². The molecule has 0 aliphatic carbocycles. The highest BCUT2D eigenvalue weighted by molar-refractivity contribution is 5.82. The molecule has 1 aromatic rings. The Bertz CT molecular complexity index is 379. The zero-order valence-electron chi connectivity index (χ0n) is 9.74. The van der Waals surface area contributed by atoms with E-state index < -0.39 is 24.6 Å². The molecule has 4 N–H and O–H groups in total. The first-order valence-corrected chi connectivity index (χ1v) is 5.47. The summed E-state index contributed by atoms with van der Waals surface area (Å²) in [7, 11) is 0. The molecule has 0 fully saturated rings. The normalized spacial score (nSPS) is 11.8. The fourth-order valence-electron chi connectivity index (χ4n) is 1.28. The second-order valence-electron chi connectivity index (χ2n) is 3.63. The first kappa shape index (κ1) is 14.0. The van der Waals surface area contributed by atoms with Crippen molar-refractivity contribution in [2.45, 2.75) is 19.0 Å². The Kier molecular flexibility index (Phi) is 5.65. The molecule has 1 rings (SSSR count). The van der Waals surface area contributed by atoms with Crippen LogP contribution in [0.3, 0.4) is 0 Å². The van der Waals surface area contributed by atoms with Crippen molar-refractivity contribution in [1.29, 1.82) is 0 Å². The van der Waals surface area contributed by atoms with Crippen LogP contribution in [0.25, 0.3) is 0 Å². The molecular weight excluding hydrogens is 240 g/mol. The molecule has 1 atom stereocenters. The van der Waals surface area contributed by atoms with Crippen molar-refractivity contribution >= 4 is 12.0 Å². The van der Waals surface area contributed by atoms with Crippen LogP contribution >= 0.6 is 0 Å². The fourth-order valence-corrected chi connectivity index (χ4v) is 1.28. The summed E-state index contributed by atoms with van der Waals surface area (Å²) in [6.45, 7) is 0.474. The van der Waals surface area contributed by atoms with E-state index in [2.05, 4.69) is 15.6 Å². The number of hydrogen-bond donors (Lipinski definition) is 4. The molecule has 8 heteroatoms. The minimum atomic E-state index is -1.28. The van der Waals surface area contributed by atoms with Gasteiger partial charge in [-0.15, -0.1) is 0 Å². The number of carboxylic acid groups (broad SMARTS) is 1. The summed E-state index contributed by atoms with van der Waals surface area (Å²) in [6.07, 6.45) is 5.85. The summed E-state index contributed by atoms with van der Waals surface area (Å²) in [5.41, 5.74) is 0. The standard InChI is InChI=1S/C10H16N4O4/c15-6-8(9(16)17)13-10(18)12-2-1-4-14-5-3-11-7-14/h3,5,7-8,15H,1-2,4,6H2,(H,16,17)(H2,12,13,18). The van der Waals surface area contributed by atoms with Gasteiger partial charge in [0.05, 0.1) is 12.9 Å². The molecule has 1 heterocycles. The first-order valence-electron chi connectivity index (χ1n) is 5.47. The average Bonchev–Trinajstić information content (AvgIpc) is 2.84. The topological polar surface area (TPSA) is 116 Å². The number of nitrogens with one attached hydrogen (secondary N) is 2. The molecule has 0 spiro atoms. The number of carbonyl (C=O) groups excluding carboxylic acids is 1. The molecule has 0 aliphatic rings. The number of imidazole rings is 1. The number of hydrogen-bond acceptors (Lipinski definition) is 4. The van der Waals surface area contributed by atoms with Crippen LogP contribution in [0.5, 0.6) is 0 Å². The van der Waals surface area contributed by atoms with Gasteiger partial charge in [0.25, 0.3) is 0 Å². The van der Waals surface area contributed by atoms with Crippen LogP contribution in [0.4, 0.5) is 4.79 Å². The number of aryl methyl sites for hydroxylation is 1. The molecule has 0 saturated heterocycles. The highest BCUT2D eigenvalue weighted by Crippen LogP contribution is 1.89. The number of amides is 2. The van der Waals surface area contributed by atoms with E-state index in [0.717, 1.165) is 0 Å². The van der Waals surface area contributed by atoms with E-state index in [0.29, 0.717) is 19.5 Å². The number of aromatic nitrogens is 2. The van der Waals surface area contributed by atoms with Crippen LogP contribution in [0.2, 0.25) is 0 Å². The van der Waals surface area contributed by atoms with Crippen LogP contribution in [0, 0.1) is 0 Å². The van der Waals surface area contributed by atoms with Crippen molar-refractivity contribution in [3.05, 3.63) is 18.7 Å². The molecule has 18 heavy (non-hydrogen) atoms. The van der Waals surface area contributed by atoms with Crippen molar-refractivity contribution in [2.75, 3.05) is 13.2 Å². The van der Waals surface area contributed by atoms with Gasteiger partial charge in [-0.2, -0.15) is 0 Å². The number of aliphatic carboxylic acids is 1. The Morgan fingerprint density at radius 3 is 2.78 bits per heavy atom. The Morgan fingerprint density at radius 1 is 1.44 bits per heavy atom. The van der Waals surface area contributed by atoms with Crippen molar-refractivity contribution in [3.8, 4) is 0 Å². The second-order valence-corrected chi connectivity index (χ2v) is 3.63. The molecule has 2 amide bonds. The number of urea groups is 1. The van der Waals surface area contributed by atoms with Gasteiger partial charge in [0.15, 0.2) is 6.04 Å². The molecule has 0 aromatic carbocycles. The lowest BCUT2D eigenvalue weighted by Crippen LogP contribution is -2.48. The maximum Gasteiger partial charge on any atom is 0.328 e. The summed E-state index contributed by atoms with van der Waals surface area (Å²) in [6, 6.07) is -1.89. The largest absolute Gasteiger partial charge is 0.480 e. The molecule has 100 valence electrons. The predicted molar refractivity (Wildman–Crippen MR) is 61.9 cm³/mol. The van der Waals surface area contributed by atoms with Crippen LogP contribution < -0.4 is 10.6 Å². The van der Waals surface area contributed by atoms with Crippen LogP contribution in [-0.4, -0.2) is 51.0 Å². The third kappa shape index (κ3) is 4.83. The lowest BCUT2D eigenvalue weighted by molar-refractivity contribution is -0.140. The number of rotatable bonds is 7. The summed E-state index contributed by atoms with van der Waals surface area (Å²) in [5.74, 6) is -1.27. The minimum Gasteiger partial charge on any atom is -0.480 e. The van der Waals surface area contributed by atoms with Gasteiger partial charge in [0, 0.05) is 25.5 Å². The van der Waals surface area contributed by atoms with Gasteiger partial charge in [-0.1, -0.05) is 0 Å². The van der Waals surface area contributed by atoms with E-state index in [9.17, 15) is 9.59 Å². The molecule has 0 radical (unpaired) electrons. The van der Waals surface area contributed by atoms with E-state index in [-0.39, 0.29) is 0 Å². The minimum absolute atomic E-state index is 0.405. The molecule has 0 bridgehead atoms. The molecular formula is C10H16N4O4. The van der Waals surface area contributed by atoms with Crippen molar-refractivity contribution < 1.29 is 19.8 Å². The maximum atomic E-state index is 11.3. The van der Waals surface area contributed by atoms with Crippen LogP contribution in [0.1, 0.15) is 6.42 Å². The van der Waals surface area contributed by atoms with Crippen molar-refractivity contribution in [1.82, 2.24) is 20.2 Å². The smallest absolute Gasteiger partial charge is 0.328 e. The summed E-state index contributed by atoms with van der Waals surface area (Å²) in [5, 5.41) is 22.0. The number of nitrogens with zero attached hydrogens (tertiary/aromatic N) is 2. The first-order chi connectivity index (χ1) is 8.63. The van der Waals surface area contributed by atoms with Crippen molar-refractivity contribution in [2.24, 2.45) is 0 Å². The summed E-state index contributed by atoms with van der Waals surface area (Å²) < 4.78 is 1.87. The van der Waals surface area contributed by atoms with Crippen molar-refractivity contribution in [3.63, 3.8) is 0 Å². The Hall–Kier alpha value is -2.09. The molecule has 1 aromatic heterocycles. The van der Waals surface area contributed by atoms with E-state index >= 15 is 0 Å². The Balaban J connectivity index is 2.15. The molecule has 0 saturated carbocycles. The lowest BCUT2D eigenvalue weighted by atomic mass is 10.3. The van der Waals surface area contributed by atoms with Crippen LogP contribution in [-0.2, 0) is 11.3 Å². The maximum absolute atomic E-state index is 11.3. The average molecular weight is 256 g/mol. The third-order valence-electron chi connectivity index (χ3n) is 2.22. The number of aliphatic hydroxyl groups excluding tert-OH is 1. The van der Waals surface area contributed by atoms with E-state index in [1.807, 2.05) is 10.8 Å². The van der Waals surface area contributed by atoms with E-state index in [1.54, 1.807) is 12.5 Å². The van der Waals surface area contributed by atoms with Gasteiger partial charge in [0.2, 0.25) is 0 Å². The summed E-state index contributed by atoms with van der Waals surface area (Å²) in [4.78, 5) is 25.7. The Morgan fingerprint density at radius 2 is 2.22 bits per heavy atom. The molecule has 0 aliphatic heterocycles. The fraction of sp³-hybridized carbons (Fsp3) is 0.500. The predicted octanol–water partition coefficient (Wildman–Crippen LogP) is -0.982. The van der Waals surface area contributed by atoms with E-state index in [4.69, 9.17) is 10.2 Å². The van der Waals surface area contributed by atoms with E-state index in [1.165, 1.54) is 0 Å². The zero-order valence-corrected chi connectivity index (χ0v) is 9.74. The second kappa shape index (κ2) is 7.28. The SMILES string of the molecule is O=C(NCCCn1ccnc1)NC(CO)C(=O)O. The highest BCUT2D eigenvalue weighted by atomic mass is 16.4. The van der Waals surface area contributed by atoms with Gasteiger partial charge in [-0.05, 0) is 6.42 Å². The summed E-state index contributed by atoms with van der Waals surface area (Å²) >= 11 is 0. The van der Waals surface area contributed by atoms with Crippen LogP contribution in [0.15, 0.2) is 18.7 Å². The quantitative estimate of drug-likeness (QED) is 0.468. The molecule has 8 nitrogen and oxygen atoms in total. The monoisotopic (exact) mass is 256 g/mol.